The molecule has 8 nitrogen and oxygen atoms in total. The molecule has 1 aliphatic rings. The van der Waals surface area contributed by atoms with E-state index in [1.807, 2.05) is 0 Å². The van der Waals surface area contributed by atoms with Crippen molar-refractivity contribution in [1.29, 1.82) is 0 Å². The van der Waals surface area contributed by atoms with Gasteiger partial charge >= 0.3 is 0 Å². The lowest BCUT2D eigenvalue weighted by molar-refractivity contribution is -0.384. The number of nitro benzene ring substituents is 1. The van der Waals surface area contributed by atoms with E-state index >= 15 is 0 Å². The fourth-order valence-corrected chi connectivity index (χ4v) is 3.02. The molecule has 0 saturated carbocycles. The first-order chi connectivity index (χ1) is 12.9. The van der Waals surface area contributed by atoms with E-state index in [2.05, 4.69) is 4.98 Å². The highest BCUT2D eigenvalue weighted by atomic mass is 35.5. The van der Waals surface area contributed by atoms with E-state index < -0.39 is 16.7 Å². The molecule has 0 bridgehead atoms. The first-order valence-corrected chi connectivity index (χ1v) is 8.17. The van der Waals surface area contributed by atoms with Crippen LogP contribution in [0, 0.1) is 10.1 Å². The molecule has 2 amide bonds. The minimum atomic E-state index is -0.624. The van der Waals surface area contributed by atoms with E-state index in [1.54, 1.807) is 24.3 Å². The number of benzene rings is 2. The maximum Gasteiger partial charge on any atom is 0.270 e. The van der Waals surface area contributed by atoms with Gasteiger partial charge in [-0.05, 0) is 18.2 Å². The van der Waals surface area contributed by atoms with Gasteiger partial charge < -0.3 is 4.42 Å². The third kappa shape index (κ3) is 2.96. The largest absolute Gasteiger partial charge is 0.439 e. The predicted octanol–water partition coefficient (Wildman–Crippen LogP) is 3.70. The number of nitrogens with zero attached hydrogens (tertiary/aromatic N) is 3. The number of fused-ring (bicyclic) bond motifs is 1. The summed E-state index contributed by atoms with van der Waals surface area (Å²) in [6.07, 6.45) is 1.48. The molecular weight excluding hydrogens is 374 g/mol. The fraction of sp³-hybridized carbons (Fsp3) is 0.0556. The highest BCUT2D eigenvalue weighted by Gasteiger charge is 2.37. The Morgan fingerprint density at radius 3 is 2.63 bits per heavy atom. The molecule has 0 fully saturated rings. The summed E-state index contributed by atoms with van der Waals surface area (Å²) < 4.78 is 5.62. The summed E-state index contributed by atoms with van der Waals surface area (Å²) >= 11 is 5.96. The molecule has 0 N–H and O–H groups in total. The normalized spacial score (nSPS) is 13.1. The van der Waals surface area contributed by atoms with Gasteiger partial charge in [0, 0.05) is 22.7 Å². The number of nitro groups is 1. The SMILES string of the molecule is O=C1c2ccc([N+](=O)[O-])cc2C(=O)N1Cc1ncc(-c2cccc(Cl)c2)o1. The van der Waals surface area contributed by atoms with E-state index in [0.29, 0.717) is 16.3 Å². The number of carbonyl (C=O) groups is 2. The Balaban J connectivity index is 1.60. The van der Waals surface area contributed by atoms with Gasteiger partial charge in [0.2, 0.25) is 5.89 Å². The van der Waals surface area contributed by atoms with Crippen LogP contribution in [0.5, 0.6) is 0 Å². The van der Waals surface area contributed by atoms with Crippen molar-refractivity contribution in [2.24, 2.45) is 0 Å². The summed E-state index contributed by atoms with van der Waals surface area (Å²) in [5.41, 5.74) is 0.568. The van der Waals surface area contributed by atoms with Crippen LogP contribution in [0.4, 0.5) is 5.69 Å². The van der Waals surface area contributed by atoms with Gasteiger partial charge in [0.05, 0.1) is 22.2 Å². The maximum absolute atomic E-state index is 12.5. The molecule has 3 aromatic rings. The molecule has 0 unspecified atom stereocenters. The summed E-state index contributed by atoms with van der Waals surface area (Å²) in [5.74, 6) is -0.567. The average molecular weight is 384 g/mol. The van der Waals surface area contributed by atoms with Crippen LogP contribution >= 0.6 is 11.6 Å². The Labute approximate surface area is 157 Å². The van der Waals surface area contributed by atoms with E-state index in [-0.39, 0.29) is 29.2 Å². The lowest BCUT2D eigenvalue weighted by atomic mass is 10.1. The molecule has 0 saturated heterocycles. The molecule has 27 heavy (non-hydrogen) atoms. The standard InChI is InChI=1S/C18H10ClN3O5/c19-11-3-1-2-10(6-11)15-8-20-16(27-15)9-21-17(23)13-5-4-12(22(25)26)7-14(13)18(21)24/h1-8H,9H2. The second-order valence-electron chi connectivity index (χ2n) is 5.81. The van der Waals surface area contributed by atoms with Crippen LogP contribution in [-0.4, -0.2) is 26.6 Å². The van der Waals surface area contributed by atoms with Gasteiger partial charge in [0.1, 0.15) is 6.54 Å². The second kappa shape index (κ2) is 6.33. The van der Waals surface area contributed by atoms with Crippen LogP contribution in [0.25, 0.3) is 11.3 Å². The van der Waals surface area contributed by atoms with E-state index in [1.165, 1.54) is 18.3 Å². The number of rotatable bonds is 4. The zero-order chi connectivity index (χ0) is 19.1. The summed E-state index contributed by atoms with van der Waals surface area (Å²) in [5, 5.41) is 11.4. The van der Waals surface area contributed by atoms with Crippen molar-refractivity contribution < 1.29 is 18.9 Å². The third-order valence-corrected chi connectivity index (χ3v) is 4.36. The zero-order valence-electron chi connectivity index (χ0n) is 13.6. The quantitative estimate of drug-likeness (QED) is 0.386. The second-order valence-corrected chi connectivity index (χ2v) is 6.25. The molecule has 134 valence electrons. The van der Waals surface area contributed by atoms with Gasteiger partial charge in [-0.25, -0.2) is 4.98 Å². The number of oxazole rings is 1. The third-order valence-electron chi connectivity index (χ3n) is 4.12. The van der Waals surface area contributed by atoms with Crippen LogP contribution in [0.2, 0.25) is 5.02 Å². The smallest absolute Gasteiger partial charge is 0.270 e. The highest BCUT2D eigenvalue weighted by Crippen LogP contribution is 2.29. The molecule has 0 atom stereocenters. The molecule has 4 rings (SSSR count). The number of non-ortho nitro benzene ring substituents is 1. The Morgan fingerprint density at radius 1 is 1.11 bits per heavy atom. The number of hydrogen-bond donors (Lipinski definition) is 0. The molecule has 2 aromatic carbocycles. The van der Waals surface area contributed by atoms with Gasteiger partial charge in [0.15, 0.2) is 5.76 Å². The molecule has 0 spiro atoms. The van der Waals surface area contributed by atoms with E-state index in [0.717, 1.165) is 11.0 Å². The number of carbonyl (C=O) groups excluding carboxylic acids is 2. The molecule has 0 radical (unpaired) electrons. The average Bonchev–Trinajstić information content (AvgIpc) is 3.21. The lowest BCUT2D eigenvalue weighted by Crippen LogP contribution is -2.29. The van der Waals surface area contributed by atoms with E-state index in [4.69, 9.17) is 16.0 Å². The molecule has 1 aromatic heterocycles. The topological polar surface area (TPSA) is 107 Å². The van der Waals surface area contributed by atoms with Crippen molar-refractivity contribution in [2.45, 2.75) is 6.54 Å². The number of amides is 2. The van der Waals surface area contributed by atoms with Gasteiger partial charge in [0.25, 0.3) is 17.5 Å². The Morgan fingerprint density at radius 2 is 1.89 bits per heavy atom. The van der Waals surface area contributed by atoms with Gasteiger partial charge in [-0.1, -0.05) is 23.7 Å². The summed E-state index contributed by atoms with van der Waals surface area (Å²) in [6, 6.07) is 10.5. The fourth-order valence-electron chi connectivity index (χ4n) is 2.83. The van der Waals surface area contributed by atoms with Crippen LogP contribution < -0.4 is 0 Å². The van der Waals surface area contributed by atoms with Crippen molar-refractivity contribution in [3.63, 3.8) is 0 Å². The molecule has 0 aliphatic carbocycles. The van der Waals surface area contributed by atoms with Crippen molar-refractivity contribution in [3.05, 3.63) is 80.8 Å². The minimum Gasteiger partial charge on any atom is -0.439 e. The Kier molecular flexibility index (Phi) is 3.97. The zero-order valence-corrected chi connectivity index (χ0v) is 14.3. The summed E-state index contributed by atoms with van der Waals surface area (Å²) in [4.78, 5) is 40.3. The Hall–Kier alpha value is -3.52. The van der Waals surface area contributed by atoms with Crippen LogP contribution in [0.3, 0.4) is 0 Å². The highest BCUT2D eigenvalue weighted by molar-refractivity contribution is 6.30. The monoisotopic (exact) mass is 383 g/mol. The minimum absolute atomic E-state index is 0.00387. The van der Waals surface area contributed by atoms with Gasteiger partial charge in [-0.15, -0.1) is 0 Å². The van der Waals surface area contributed by atoms with Crippen LogP contribution in [-0.2, 0) is 6.54 Å². The predicted molar refractivity (Wildman–Crippen MR) is 94.2 cm³/mol. The van der Waals surface area contributed by atoms with E-state index in [9.17, 15) is 19.7 Å². The molecule has 1 aliphatic heterocycles. The van der Waals surface area contributed by atoms with Crippen molar-refractivity contribution in [2.75, 3.05) is 0 Å². The van der Waals surface area contributed by atoms with Gasteiger partial charge in [-0.2, -0.15) is 0 Å². The first kappa shape index (κ1) is 16.9. The number of hydrogen-bond acceptors (Lipinski definition) is 6. The molecule has 2 heterocycles. The molecular formula is C18H10ClN3O5. The lowest BCUT2D eigenvalue weighted by Gasteiger charge is -2.10. The first-order valence-electron chi connectivity index (χ1n) is 7.79. The number of imide groups is 1. The number of halogens is 1. The molecule has 9 heteroatoms. The summed E-state index contributed by atoms with van der Waals surface area (Å²) in [7, 11) is 0. The number of aromatic nitrogens is 1. The summed E-state index contributed by atoms with van der Waals surface area (Å²) in [6.45, 7) is -0.180. The van der Waals surface area contributed by atoms with Crippen molar-refractivity contribution in [1.82, 2.24) is 9.88 Å². The van der Waals surface area contributed by atoms with Crippen LogP contribution in [0.1, 0.15) is 26.6 Å². The van der Waals surface area contributed by atoms with Crippen molar-refractivity contribution >= 4 is 29.1 Å². The van der Waals surface area contributed by atoms with Gasteiger partial charge in [-0.3, -0.25) is 24.6 Å². The van der Waals surface area contributed by atoms with Crippen molar-refractivity contribution in [3.8, 4) is 11.3 Å². The van der Waals surface area contributed by atoms with Crippen LogP contribution in [0.15, 0.2) is 53.1 Å². The maximum atomic E-state index is 12.5. The Bertz CT molecular complexity index is 1110.